The zero-order valence-electron chi connectivity index (χ0n) is 12.3. The Balaban J connectivity index is 3.04. The molecule has 0 unspecified atom stereocenters. The third-order valence-electron chi connectivity index (χ3n) is 4.28. The van der Waals surface area contributed by atoms with Crippen molar-refractivity contribution in [1.29, 1.82) is 0 Å². The van der Waals surface area contributed by atoms with E-state index < -0.39 is 0 Å². The molecule has 0 aliphatic carbocycles. The van der Waals surface area contributed by atoms with Crippen LogP contribution in [0.1, 0.15) is 52.7 Å². The van der Waals surface area contributed by atoms with Crippen LogP contribution >= 0.6 is 11.8 Å². The molecule has 17 heavy (non-hydrogen) atoms. The summed E-state index contributed by atoms with van der Waals surface area (Å²) in [5.41, 5.74) is 3.10. The smallest absolute Gasteiger partial charge is 0.0349 e. The molecule has 0 N–H and O–H groups in total. The van der Waals surface area contributed by atoms with Gasteiger partial charge in [0.05, 0.1) is 0 Å². The fourth-order valence-corrected chi connectivity index (χ4v) is 2.12. The van der Waals surface area contributed by atoms with Crippen LogP contribution in [0.5, 0.6) is 0 Å². The Kier molecular flexibility index (Phi) is 4.35. The molecule has 0 radical (unpaired) electrons. The second-order valence-corrected chi connectivity index (χ2v) is 7.60. The molecule has 0 heterocycles. The summed E-state index contributed by atoms with van der Waals surface area (Å²) in [6.07, 6.45) is 2.17. The number of hydrogen-bond donors (Lipinski definition) is 0. The van der Waals surface area contributed by atoms with Gasteiger partial charge < -0.3 is 0 Å². The molecule has 0 aromatic heterocycles. The topological polar surface area (TPSA) is 0 Å². The molecule has 0 aliphatic heterocycles. The quantitative estimate of drug-likeness (QED) is 0.706. The highest BCUT2D eigenvalue weighted by Gasteiger charge is 2.25. The largest absolute Gasteiger partial charge is 0.154 e. The summed E-state index contributed by atoms with van der Waals surface area (Å²) >= 11 is 1.90. The predicted octanol–water partition coefficient (Wildman–Crippen LogP) is 5.22. The van der Waals surface area contributed by atoms with E-state index in [1.165, 1.54) is 11.1 Å². The molecule has 0 bridgehead atoms. The molecule has 0 fully saturated rings. The van der Waals surface area contributed by atoms with Gasteiger partial charge in [-0.3, -0.25) is 0 Å². The van der Waals surface area contributed by atoms with E-state index in [1.54, 1.807) is 0 Å². The van der Waals surface area contributed by atoms with E-state index >= 15 is 0 Å². The minimum absolute atomic E-state index is 0.209. The maximum Gasteiger partial charge on any atom is 0.0349 e. The highest BCUT2D eigenvalue weighted by atomic mass is 32.2. The lowest BCUT2D eigenvalue weighted by Gasteiger charge is -2.31. The molecule has 1 aromatic carbocycles. The van der Waals surface area contributed by atoms with Crippen LogP contribution in [-0.2, 0) is 10.2 Å². The molecule has 1 rings (SSSR count). The third kappa shape index (κ3) is 3.07. The van der Waals surface area contributed by atoms with Crippen LogP contribution in [0, 0.1) is 5.92 Å². The van der Waals surface area contributed by atoms with Gasteiger partial charge in [0.1, 0.15) is 0 Å². The zero-order chi connectivity index (χ0) is 13.3. The molecule has 0 amide bonds. The average molecular weight is 250 g/mol. The second kappa shape index (κ2) is 5.06. The Hall–Kier alpha value is -0.430. The SMILES string of the molecule is CSC(C)(C)c1ccc(C(C)(C)C(C)C)cc1. The summed E-state index contributed by atoms with van der Waals surface area (Å²) in [5.74, 6) is 0.655. The minimum Gasteiger partial charge on any atom is -0.154 e. The normalized spacial score (nSPS) is 13.2. The first-order valence-corrected chi connectivity index (χ1v) is 7.60. The van der Waals surface area contributed by atoms with E-state index in [-0.39, 0.29) is 10.2 Å². The monoisotopic (exact) mass is 250 g/mol. The van der Waals surface area contributed by atoms with E-state index in [9.17, 15) is 0 Å². The summed E-state index contributed by atoms with van der Waals surface area (Å²) in [5, 5.41) is 0. The van der Waals surface area contributed by atoms with Gasteiger partial charge >= 0.3 is 0 Å². The van der Waals surface area contributed by atoms with Crippen LogP contribution in [-0.4, -0.2) is 6.26 Å². The van der Waals surface area contributed by atoms with Crippen LogP contribution < -0.4 is 0 Å². The number of benzene rings is 1. The number of hydrogen-bond acceptors (Lipinski definition) is 1. The van der Waals surface area contributed by atoms with Crippen LogP contribution in [0.4, 0.5) is 0 Å². The first-order valence-electron chi connectivity index (χ1n) is 6.38. The third-order valence-corrected chi connectivity index (χ3v) is 5.53. The highest BCUT2D eigenvalue weighted by molar-refractivity contribution is 7.99. The van der Waals surface area contributed by atoms with Crippen molar-refractivity contribution in [3.63, 3.8) is 0 Å². The summed E-state index contributed by atoms with van der Waals surface area (Å²) in [6, 6.07) is 9.17. The van der Waals surface area contributed by atoms with Crippen molar-refractivity contribution in [3.05, 3.63) is 35.4 Å². The van der Waals surface area contributed by atoms with Crippen molar-refractivity contribution in [2.45, 2.75) is 51.7 Å². The van der Waals surface area contributed by atoms with Gasteiger partial charge in [-0.15, -0.1) is 0 Å². The Morgan fingerprint density at radius 2 is 1.29 bits per heavy atom. The first-order chi connectivity index (χ1) is 7.71. The lowest BCUT2D eigenvalue weighted by molar-refractivity contribution is 0.372. The van der Waals surface area contributed by atoms with Crippen LogP contribution in [0.25, 0.3) is 0 Å². The summed E-state index contributed by atoms with van der Waals surface area (Å²) in [6.45, 7) is 13.8. The lowest BCUT2D eigenvalue weighted by atomic mass is 9.75. The molecule has 0 nitrogen and oxygen atoms in total. The van der Waals surface area contributed by atoms with Gasteiger partial charge in [-0.25, -0.2) is 0 Å². The van der Waals surface area contributed by atoms with Crippen LogP contribution in [0.15, 0.2) is 24.3 Å². The van der Waals surface area contributed by atoms with Crippen molar-refractivity contribution >= 4 is 11.8 Å². The molecule has 0 spiro atoms. The molecular formula is C16H26S. The minimum atomic E-state index is 0.209. The Bertz CT molecular complexity index is 358. The van der Waals surface area contributed by atoms with Gasteiger partial charge in [0.25, 0.3) is 0 Å². The van der Waals surface area contributed by atoms with Gasteiger partial charge in [0, 0.05) is 4.75 Å². The summed E-state index contributed by atoms with van der Waals surface area (Å²) in [7, 11) is 0. The molecule has 0 atom stereocenters. The van der Waals surface area contributed by atoms with Crippen molar-refractivity contribution in [3.8, 4) is 0 Å². The fraction of sp³-hybridized carbons (Fsp3) is 0.625. The Labute approximate surface area is 111 Å². The van der Waals surface area contributed by atoms with E-state index in [4.69, 9.17) is 0 Å². The van der Waals surface area contributed by atoms with Crippen molar-refractivity contribution < 1.29 is 0 Å². The van der Waals surface area contributed by atoms with Gasteiger partial charge in [-0.1, -0.05) is 52.0 Å². The molecule has 1 heteroatoms. The number of thioether (sulfide) groups is 1. The van der Waals surface area contributed by atoms with Gasteiger partial charge in [-0.2, -0.15) is 11.8 Å². The molecule has 0 saturated heterocycles. The van der Waals surface area contributed by atoms with Crippen molar-refractivity contribution in [1.82, 2.24) is 0 Å². The average Bonchev–Trinajstić information content (AvgIpc) is 2.29. The summed E-state index contributed by atoms with van der Waals surface area (Å²) < 4.78 is 0.209. The molecule has 0 aliphatic rings. The van der Waals surface area contributed by atoms with E-state index in [0.29, 0.717) is 5.92 Å². The molecule has 1 aromatic rings. The first kappa shape index (κ1) is 14.6. The van der Waals surface area contributed by atoms with Gasteiger partial charge in [0.2, 0.25) is 0 Å². The van der Waals surface area contributed by atoms with E-state index in [1.807, 2.05) is 11.8 Å². The van der Waals surface area contributed by atoms with Crippen LogP contribution in [0.3, 0.4) is 0 Å². The maximum atomic E-state index is 2.33. The molecule has 96 valence electrons. The lowest BCUT2D eigenvalue weighted by Crippen LogP contribution is -2.24. The predicted molar refractivity (Wildman–Crippen MR) is 80.8 cm³/mol. The van der Waals surface area contributed by atoms with Crippen molar-refractivity contribution in [2.24, 2.45) is 5.92 Å². The van der Waals surface area contributed by atoms with Gasteiger partial charge in [-0.05, 0) is 42.6 Å². The highest BCUT2D eigenvalue weighted by Crippen LogP contribution is 2.36. The zero-order valence-corrected chi connectivity index (χ0v) is 13.1. The standard InChI is InChI=1S/C16H26S/c1-12(2)15(3,4)13-8-10-14(11-9-13)16(5,6)17-7/h8-12H,1-7H3. The van der Waals surface area contributed by atoms with Crippen LogP contribution in [0.2, 0.25) is 0 Å². The van der Waals surface area contributed by atoms with Gasteiger partial charge in [0.15, 0.2) is 0 Å². The Morgan fingerprint density at radius 3 is 1.65 bits per heavy atom. The number of rotatable bonds is 4. The van der Waals surface area contributed by atoms with E-state index in [2.05, 4.69) is 72.1 Å². The molecular weight excluding hydrogens is 224 g/mol. The summed E-state index contributed by atoms with van der Waals surface area (Å²) in [4.78, 5) is 0. The van der Waals surface area contributed by atoms with Crippen molar-refractivity contribution in [2.75, 3.05) is 6.26 Å². The second-order valence-electron chi connectivity index (χ2n) is 6.17. The fourth-order valence-electron chi connectivity index (χ4n) is 1.75. The maximum absolute atomic E-state index is 2.33. The van der Waals surface area contributed by atoms with E-state index in [0.717, 1.165) is 0 Å². The molecule has 0 saturated carbocycles. The Morgan fingerprint density at radius 1 is 0.882 bits per heavy atom.